The second kappa shape index (κ2) is 10.4. The van der Waals surface area contributed by atoms with Gasteiger partial charge in [0.25, 0.3) is 5.79 Å². The molecule has 0 saturated carbocycles. The molecule has 0 spiro atoms. The molecule has 4 aromatic rings. The number of aromatic carboxylic acids is 1. The predicted molar refractivity (Wildman–Crippen MR) is 156 cm³/mol. The lowest BCUT2D eigenvalue weighted by atomic mass is 9.98. The molecule has 4 heterocycles. The van der Waals surface area contributed by atoms with E-state index in [2.05, 4.69) is 0 Å². The maximum atomic E-state index is 14.8. The number of imidazole rings is 1. The van der Waals surface area contributed by atoms with Crippen molar-refractivity contribution in [2.45, 2.75) is 44.7 Å². The number of aromatic nitrogens is 2. The Kier molecular flexibility index (Phi) is 6.63. The third-order valence-electron chi connectivity index (χ3n) is 8.19. The monoisotopic (exact) mass is 603 g/mol. The van der Waals surface area contributed by atoms with Gasteiger partial charge in [0.2, 0.25) is 5.91 Å². The summed E-state index contributed by atoms with van der Waals surface area (Å²) in [5, 5.41) is 9.78. The minimum Gasteiger partial charge on any atom is -0.478 e. The zero-order valence-corrected chi connectivity index (χ0v) is 23.9. The van der Waals surface area contributed by atoms with Crippen molar-refractivity contribution in [2.75, 3.05) is 13.2 Å². The Morgan fingerprint density at radius 3 is 2.74 bits per heavy atom. The minimum absolute atomic E-state index is 0.0163. The van der Waals surface area contributed by atoms with Gasteiger partial charge in [-0.1, -0.05) is 23.7 Å². The first kappa shape index (κ1) is 27.4. The molecule has 0 bridgehead atoms. The first-order valence-electron chi connectivity index (χ1n) is 14.0. The van der Waals surface area contributed by atoms with Crippen molar-refractivity contribution in [1.82, 2.24) is 14.5 Å². The van der Waals surface area contributed by atoms with Crippen LogP contribution in [0, 0.1) is 5.82 Å². The number of carboxylic acids is 1. The fraction of sp³-hybridized carbons (Fsp3) is 0.281. The number of carboxylic acid groups (broad SMARTS) is 1. The third-order valence-corrected chi connectivity index (χ3v) is 8.43. The van der Waals surface area contributed by atoms with Gasteiger partial charge in [-0.3, -0.25) is 4.79 Å². The molecule has 2 atom stereocenters. The molecule has 7 rings (SSSR count). The largest absolute Gasteiger partial charge is 0.478 e. The van der Waals surface area contributed by atoms with Crippen molar-refractivity contribution in [1.29, 1.82) is 0 Å². The number of carbonyl (C=O) groups is 2. The lowest BCUT2D eigenvalue weighted by Gasteiger charge is -2.29. The van der Waals surface area contributed by atoms with Gasteiger partial charge in [-0.05, 0) is 60.9 Å². The summed E-state index contributed by atoms with van der Waals surface area (Å²) >= 11 is 5.94. The maximum Gasteiger partial charge on any atom is 0.335 e. The standard InChI is InChI=1S/C32H27ClFN3O6/c1-32(23-7-6-20(33)15-24(23)34)42-27-4-2-3-22(30(27)43-32)18-9-11-36(29(38)14-18)17-28-35-25-8-5-19(31(39)40)13-26(25)37(28)16-21-10-12-41-21/h2-8,13-15,21H,9-12,16-17H2,1H3,(H,39,40)/t21-,32?/m0/s1. The van der Waals surface area contributed by atoms with Crippen molar-refractivity contribution in [3.63, 3.8) is 0 Å². The molecule has 0 aliphatic carbocycles. The molecule has 3 aliphatic heterocycles. The number of fused-ring (bicyclic) bond motifs is 2. The van der Waals surface area contributed by atoms with Crippen LogP contribution in [0.3, 0.4) is 0 Å². The second-order valence-corrected chi connectivity index (χ2v) is 11.5. The Balaban J connectivity index is 1.15. The van der Waals surface area contributed by atoms with Gasteiger partial charge in [-0.2, -0.15) is 0 Å². The summed E-state index contributed by atoms with van der Waals surface area (Å²) in [6.45, 7) is 3.55. The number of nitrogens with zero attached hydrogens (tertiary/aromatic N) is 3. The Labute approximate surface area is 251 Å². The number of hydrogen-bond donors (Lipinski definition) is 1. The molecule has 1 unspecified atom stereocenters. The number of benzene rings is 3. The van der Waals surface area contributed by atoms with E-state index >= 15 is 0 Å². The maximum absolute atomic E-state index is 14.8. The Bertz CT molecular complexity index is 1830. The van der Waals surface area contributed by atoms with Gasteiger partial charge in [0.1, 0.15) is 11.6 Å². The van der Waals surface area contributed by atoms with E-state index in [1.165, 1.54) is 18.2 Å². The van der Waals surface area contributed by atoms with Crippen molar-refractivity contribution in [3.8, 4) is 11.5 Å². The van der Waals surface area contributed by atoms with Crippen LogP contribution in [-0.2, 0) is 28.4 Å². The first-order chi connectivity index (χ1) is 20.7. The third kappa shape index (κ3) is 4.90. The normalized spacial score (nSPS) is 21.2. The summed E-state index contributed by atoms with van der Waals surface area (Å²) < 4.78 is 34.7. The fourth-order valence-electron chi connectivity index (χ4n) is 5.83. The van der Waals surface area contributed by atoms with Gasteiger partial charge >= 0.3 is 5.97 Å². The molecule has 3 aliphatic rings. The topological polar surface area (TPSA) is 103 Å². The zero-order chi connectivity index (χ0) is 29.9. The SMILES string of the molecule is CC1(c2ccc(Cl)cc2F)Oc2cccc(C3=CC(=O)N(Cc4nc5ccc(C(=O)O)cc5n4C[C@@H]4CCO4)CC3)c2O1. The van der Waals surface area contributed by atoms with E-state index in [9.17, 15) is 19.1 Å². The Morgan fingerprint density at radius 2 is 2.02 bits per heavy atom. The molecule has 0 radical (unpaired) electrons. The quantitative estimate of drug-likeness (QED) is 0.286. The second-order valence-electron chi connectivity index (χ2n) is 11.0. The molecule has 1 amide bonds. The highest BCUT2D eigenvalue weighted by atomic mass is 35.5. The molecule has 9 nitrogen and oxygen atoms in total. The lowest BCUT2D eigenvalue weighted by Crippen LogP contribution is -2.36. The van der Waals surface area contributed by atoms with E-state index in [1.807, 2.05) is 16.7 Å². The average molecular weight is 604 g/mol. The number of carbonyl (C=O) groups excluding carboxylic acids is 1. The predicted octanol–water partition coefficient (Wildman–Crippen LogP) is 5.78. The van der Waals surface area contributed by atoms with E-state index in [-0.39, 0.29) is 34.7 Å². The van der Waals surface area contributed by atoms with Crippen LogP contribution >= 0.6 is 11.6 Å². The highest BCUT2D eigenvalue weighted by molar-refractivity contribution is 6.30. The van der Waals surface area contributed by atoms with Gasteiger partial charge in [0, 0.05) is 36.7 Å². The summed E-state index contributed by atoms with van der Waals surface area (Å²) in [5.41, 5.74) is 3.24. The van der Waals surface area contributed by atoms with Crippen LogP contribution in [0.4, 0.5) is 4.39 Å². The van der Waals surface area contributed by atoms with Crippen LogP contribution < -0.4 is 9.47 Å². The summed E-state index contributed by atoms with van der Waals surface area (Å²) in [4.78, 5) is 31.5. The number of hydrogen-bond acceptors (Lipinski definition) is 6. The smallest absolute Gasteiger partial charge is 0.335 e. The van der Waals surface area contributed by atoms with Gasteiger partial charge in [-0.25, -0.2) is 14.2 Å². The fourth-order valence-corrected chi connectivity index (χ4v) is 5.99. The van der Waals surface area contributed by atoms with E-state index in [0.717, 1.165) is 12.0 Å². The van der Waals surface area contributed by atoms with Crippen LogP contribution in [0.1, 0.15) is 47.1 Å². The van der Waals surface area contributed by atoms with Gasteiger partial charge in [0.05, 0.1) is 41.4 Å². The molecule has 1 N–H and O–H groups in total. The molecular formula is C32H27ClFN3O6. The van der Waals surface area contributed by atoms with Crippen LogP contribution in [0.2, 0.25) is 5.02 Å². The van der Waals surface area contributed by atoms with Gasteiger partial charge in [-0.15, -0.1) is 0 Å². The molecule has 11 heteroatoms. The molecule has 43 heavy (non-hydrogen) atoms. The lowest BCUT2D eigenvalue weighted by molar-refractivity contribution is -0.127. The number of ether oxygens (including phenoxy) is 3. The highest BCUT2D eigenvalue weighted by Crippen LogP contribution is 2.49. The molecule has 3 aromatic carbocycles. The molecule has 1 aromatic heterocycles. The van der Waals surface area contributed by atoms with Crippen LogP contribution in [0.15, 0.2) is 60.7 Å². The van der Waals surface area contributed by atoms with E-state index in [0.29, 0.717) is 60.0 Å². The summed E-state index contributed by atoms with van der Waals surface area (Å²) in [7, 11) is 0. The molecule has 1 saturated heterocycles. The Morgan fingerprint density at radius 1 is 1.19 bits per heavy atom. The van der Waals surface area contributed by atoms with Crippen molar-refractivity contribution in [3.05, 3.63) is 94.0 Å². The number of halogens is 2. The average Bonchev–Trinajstić information content (AvgIpc) is 3.47. The molecule has 220 valence electrons. The van der Waals surface area contributed by atoms with Gasteiger partial charge < -0.3 is 28.8 Å². The molecule has 1 fully saturated rings. The van der Waals surface area contributed by atoms with Crippen molar-refractivity contribution >= 4 is 40.1 Å². The highest BCUT2D eigenvalue weighted by Gasteiger charge is 2.42. The number of para-hydroxylation sites is 1. The van der Waals surface area contributed by atoms with Crippen molar-refractivity contribution < 1.29 is 33.3 Å². The summed E-state index contributed by atoms with van der Waals surface area (Å²) in [6, 6.07) is 14.6. The minimum atomic E-state index is -1.40. The Hall–Kier alpha value is -4.41. The van der Waals surface area contributed by atoms with E-state index < -0.39 is 17.6 Å². The van der Waals surface area contributed by atoms with Crippen molar-refractivity contribution in [2.24, 2.45) is 0 Å². The number of rotatable bonds is 7. The molecular weight excluding hydrogens is 577 g/mol. The van der Waals surface area contributed by atoms with Crippen LogP contribution in [0.25, 0.3) is 16.6 Å². The summed E-state index contributed by atoms with van der Waals surface area (Å²) in [5.74, 6) is -1.57. The van der Waals surface area contributed by atoms with Gasteiger partial charge in [0.15, 0.2) is 11.5 Å². The van der Waals surface area contributed by atoms with Crippen LogP contribution in [-0.4, -0.2) is 50.7 Å². The van der Waals surface area contributed by atoms with E-state index in [1.54, 1.807) is 42.2 Å². The first-order valence-corrected chi connectivity index (χ1v) is 14.4. The van der Waals surface area contributed by atoms with E-state index in [4.69, 9.17) is 30.8 Å². The zero-order valence-electron chi connectivity index (χ0n) is 23.2. The summed E-state index contributed by atoms with van der Waals surface area (Å²) in [6.07, 6.45) is 3.06. The van der Waals surface area contributed by atoms with Crippen LogP contribution in [0.5, 0.6) is 11.5 Å². The number of amides is 1.